The van der Waals surface area contributed by atoms with E-state index in [4.69, 9.17) is 27.6 Å². The molecule has 2 rings (SSSR count). The van der Waals surface area contributed by atoms with Crippen LogP contribution in [0.5, 0.6) is 0 Å². The second-order valence-corrected chi connectivity index (χ2v) is 4.99. The Hall–Kier alpha value is -0.770. The van der Waals surface area contributed by atoms with Gasteiger partial charge in [-0.05, 0) is 39.7 Å². The number of ketones is 1. The normalized spacial score (nSPS) is 10.5. The number of halogens is 3. The number of rotatable bonds is 3. The maximum Gasteiger partial charge on any atom is 0.179 e. The Balaban J connectivity index is 2.19. The Bertz CT molecular complexity index is 563. The Morgan fingerprint density at radius 2 is 2.00 bits per heavy atom. The quantitative estimate of drug-likeness (QED) is 0.757. The minimum atomic E-state index is -0.0379. The average molecular weight is 334 g/mol. The predicted octanol–water partition coefficient (Wildman–Crippen LogP) is 4.77. The third-order valence-electron chi connectivity index (χ3n) is 2.27. The highest BCUT2D eigenvalue weighted by molar-refractivity contribution is 9.10. The van der Waals surface area contributed by atoms with Crippen LogP contribution in [0.4, 0.5) is 0 Å². The van der Waals surface area contributed by atoms with Crippen LogP contribution >= 0.6 is 39.1 Å². The van der Waals surface area contributed by atoms with Crippen molar-refractivity contribution in [1.29, 1.82) is 0 Å². The van der Waals surface area contributed by atoms with Gasteiger partial charge in [0.25, 0.3) is 0 Å². The van der Waals surface area contributed by atoms with Crippen LogP contribution in [0.2, 0.25) is 10.0 Å². The number of Topliss-reactive ketones (excluding diaryl/α,β-unsaturated/α-hetero) is 1. The van der Waals surface area contributed by atoms with Crippen LogP contribution in [0.1, 0.15) is 15.9 Å². The van der Waals surface area contributed by atoms with Crippen LogP contribution in [0, 0.1) is 0 Å². The summed E-state index contributed by atoms with van der Waals surface area (Å²) in [5.74, 6) is -0.0379. The van der Waals surface area contributed by atoms with E-state index in [9.17, 15) is 4.79 Å². The fourth-order valence-corrected chi connectivity index (χ4v) is 2.21. The van der Waals surface area contributed by atoms with E-state index in [1.165, 1.54) is 6.26 Å². The zero-order valence-electron chi connectivity index (χ0n) is 8.54. The molecular formula is C12H7BrCl2O2. The number of carbonyl (C=O) groups excluding carboxylic acids is 1. The lowest BCUT2D eigenvalue weighted by atomic mass is 10.1. The summed E-state index contributed by atoms with van der Waals surface area (Å²) >= 11 is 14.9. The number of hydrogen-bond acceptors (Lipinski definition) is 2. The van der Waals surface area contributed by atoms with Gasteiger partial charge in [0.2, 0.25) is 0 Å². The van der Waals surface area contributed by atoms with Crippen molar-refractivity contribution in [2.24, 2.45) is 0 Å². The molecule has 0 bridgehead atoms. The largest absolute Gasteiger partial charge is 0.457 e. The molecule has 88 valence electrons. The summed E-state index contributed by atoms with van der Waals surface area (Å²) in [5, 5.41) is 0.926. The summed E-state index contributed by atoms with van der Waals surface area (Å²) in [6.07, 6.45) is 1.72. The number of hydrogen-bond donors (Lipinski definition) is 0. The molecule has 0 saturated carbocycles. The van der Waals surface area contributed by atoms with E-state index >= 15 is 0 Å². The van der Waals surface area contributed by atoms with Gasteiger partial charge in [-0.3, -0.25) is 4.79 Å². The van der Waals surface area contributed by atoms with Crippen LogP contribution in [-0.4, -0.2) is 5.78 Å². The summed E-state index contributed by atoms with van der Waals surface area (Å²) in [6.45, 7) is 0. The molecule has 0 N–H and O–H groups in total. The molecule has 1 aromatic heterocycles. The molecule has 0 radical (unpaired) electrons. The standard InChI is InChI=1S/C12H7BrCl2O2/c13-12-8(3-4-17-12)11(16)6-7-1-2-9(14)10(15)5-7/h1-5H,6H2. The van der Waals surface area contributed by atoms with Crippen LogP contribution < -0.4 is 0 Å². The van der Waals surface area contributed by atoms with Gasteiger partial charge in [-0.1, -0.05) is 29.3 Å². The minimum absolute atomic E-state index is 0.0379. The van der Waals surface area contributed by atoms with Crippen molar-refractivity contribution in [2.75, 3.05) is 0 Å². The van der Waals surface area contributed by atoms with Crippen molar-refractivity contribution in [3.8, 4) is 0 Å². The van der Waals surface area contributed by atoms with Gasteiger partial charge in [-0.25, -0.2) is 0 Å². The fraction of sp³-hybridized carbons (Fsp3) is 0.0833. The van der Waals surface area contributed by atoms with Gasteiger partial charge in [0.1, 0.15) is 0 Å². The van der Waals surface area contributed by atoms with Crippen molar-refractivity contribution in [3.05, 3.63) is 56.4 Å². The van der Waals surface area contributed by atoms with Crippen LogP contribution in [0.15, 0.2) is 39.6 Å². The highest BCUT2D eigenvalue weighted by atomic mass is 79.9. The molecule has 2 aromatic rings. The topological polar surface area (TPSA) is 30.2 Å². The smallest absolute Gasteiger partial charge is 0.179 e. The van der Waals surface area contributed by atoms with E-state index in [1.54, 1.807) is 24.3 Å². The van der Waals surface area contributed by atoms with Gasteiger partial charge in [0.15, 0.2) is 10.5 Å². The van der Waals surface area contributed by atoms with Crippen molar-refractivity contribution in [3.63, 3.8) is 0 Å². The van der Waals surface area contributed by atoms with Crippen LogP contribution in [0.25, 0.3) is 0 Å². The van der Waals surface area contributed by atoms with Gasteiger partial charge in [-0.2, -0.15) is 0 Å². The lowest BCUT2D eigenvalue weighted by molar-refractivity contribution is 0.0991. The lowest BCUT2D eigenvalue weighted by Crippen LogP contribution is -2.02. The Morgan fingerprint density at radius 3 is 2.59 bits per heavy atom. The zero-order chi connectivity index (χ0) is 12.4. The fourth-order valence-electron chi connectivity index (χ4n) is 1.42. The van der Waals surface area contributed by atoms with Crippen LogP contribution in [-0.2, 0) is 6.42 Å². The first-order valence-electron chi connectivity index (χ1n) is 4.78. The van der Waals surface area contributed by atoms with Gasteiger partial charge >= 0.3 is 0 Å². The zero-order valence-corrected chi connectivity index (χ0v) is 11.6. The monoisotopic (exact) mass is 332 g/mol. The summed E-state index contributed by atoms with van der Waals surface area (Å²) in [5.41, 5.74) is 1.34. The molecule has 0 spiro atoms. The Morgan fingerprint density at radius 1 is 1.24 bits per heavy atom. The van der Waals surface area contributed by atoms with E-state index in [1.807, 2.05) is 0 Å². The first kappa shape index (κ1) is 12.7. The number of furan rings is 1. The summed E-state index contributed by atoms with van der Waals surface area (Å²) in [6, 6.07) is 6.77. The van der Waals surface area contributed by atoms with E-state index in [0.717, 1.165) is 5.56 Å². The average Bonchev–Trinajstić information content (AvgIpc) is 2.70. The second-order valence-electron chi connectivity index (χ2n) is 3.46. The molecule has 0 fully saturated rings. The predicted molar refractivity (Wildman–Crippen MR) is 70.9 cm³/mol. The first-order chi connectivity index (χ1) is 8.08. The molecule has 0 aliphatic heterocycles. The third kappa shape index (κ3) is 2.92. The van der Waals surface area contributed by atoms with E-state index in [2.05, 4.69) is 15.9 Å². The Kier molecular flexibility index (Phi) is 3.92. The summed E-state index contributed by atoms with van der Waals surface area (Å²) in [7, 11) is 0. The molecule has 2 nitrogen and oxygen atoms in total. The molecular weight excluding hydrogens is 327 g/mol. The number of benzene rings is 1. The SMILES string of the molecule is O=C(Cc1ccc(Cl)c(Cl)c1)c1ccoc1Br. The lowest BCUT2D eigenvalue weighted by Gasteiger charge is -2.02. The number of carbonyl (C=O) groups is 1. The van der Waals surface area contributed by atoms with Gasteiger partial charge in [-0.15, -0.1) is 0 Å². The molecule has 1 aromatic carbocycles. The minimum Gasteiger partial charge on any atom is -0.457 e. The van der Waals surface area contributed by atoms with Crippen LogP contribution in [0.3, 0.4) is 0 Å². The molecule has 0 unspecified atom stereocenters. The summed E-state index contributed by atoms with van der Waals surface area (Å²) in [4.78, 5) is 11.9. The van der Waals surface area contributed by atoms with Crippen molar-refractivity contribution in [1.82, 2.24) is 0 Å². The van der Waals surface area contributed by atoms with E-state index < -0.39 is 0 Å². The highest BCUT2D eigenvalue weighted by Gasteiger charge is 2.13. The second kappa shape index (κ2) is 5.25. The third-order valence-corrected chi connectivity index (χ3v) is 3.62. The molecule has 0 aliphatic carbocycles. The molecule has 5 heteroatoms. The molecule has 0 atom stereocenters. The molecule has 0 amide bonds. The maximum atomic E-state index is 11.9. The van der Waals surface area contributed by atoms with E-state index in [-0.39, 0.29) is 12.2 Å². The molecule has 1 heterocycles. The maximum absolute atomic E-state index is 11.9. The van der Waals surface area contributed by atoms with Crippen molar-refractivity contribution >= 4 is 44.9 Å². The van der Waals surface area contributed by atoms with Crippen molar-refractivity contribution < 1.29 is 9.21 Å². The molecule has 0 aliphatic rings. The molecule has 0 saturated heterocycles. The Labute approximate surface area is 117 Å². The van der Waals surface area contributed by atoms with Crippen molar-refractivity contribution in [2.45, 2.75) is 6.42 Å². The molecule has 17 heavy (non-hydrogen) atoms. The highest BCUT2D eigenvalue weighted by Crippen LogP contribution is 2.24. The van der Waals surface area contributed by atoms with Gasteiger partial charge in [0, 0.05) is 6.42 Å². The van der Waals surface area contributed by atoms with Gasteiger partial charge in [0.05, 0.1) is 21.9 Å². The van der Waals surface area contributed by atoms with Gasteiger partial charge < -0.3 is 4.42 Å². The van der Waals surface area contributed by atoms with E-state index in [0.29, 0.717) is 20.3 Å². The summed E-state index contributed by atoms with van der Waals surface area (Å²) < 4.78 is 5.46. The first-order valence-corrected chi connectivity index (χ1v) is 6.33.